The summed E-state index contributed by atoms with van der Waals surface area (Å²) in [4.78, 5) is 13.2. The summed E-state index contributed by atoms with van der Waals surface area (Å²) in [5.41, 5.74) is 0. The highest BCUT2D eigenvalue weighted by atomic mass is 16.5. The van der Waals surface area contributed by atoms with Gasteiger partial charge in [-0.2, -0.15) is 0 Å². The molecule has 1 amide bonds. The average Bonchev–Trinajstić information content (AvgIpc) is 2.15. The summed E-state index contributed by atoms with van der Waals surface area (Å²) in [6, 6.07) is -0.104. The van der Waals surface area contributed by atoms with E-state index in [1.807, 2.05) is 14.0 Å². The van der Waals surface area contributed by atoms with Crippen LogP contribution in [-0.4, -0.2) is 51.2 Å². The van der Waals surface area contributed by atoms with Crippen LogP contribution in [0.1, 0.15) is 13.3 Å². The molecule has 0 heterocycles. The molecule has 0 saturated heterocycles. The van der Waals surface area contributed by atoms with Crippen molar-refractivity contribution in [3.05, 3.63) is 0 Å². The molecule has 0 saturated carbocycles. The Balaban J connectivity index is 3.69. The molecule has 1 atom stereocenters. The lowest BCUT2D eigenvalue weighted by molar-refractivity contribution is -0.131. The van der Waals surface area contributed by atoms with E-state index in [1.54, 1.807) is 19.1 Å². The largest absolute Gasteiger partial charge is 0.385 e. The third-order valence-corrected chi connectivity index (χ3v) is 2.02. The number of hydrogen-bond donors (Lipinski definition) is 1. The lowest BCUT2D eigenvalue weighted by atomic mass is 10.3. The van der Waals surface area contributed by atoms with E-state index in [4.69, 9.17) is 4.74 Å². The molecule has 4 nitrogen and oxygen atoms in total. The molecule has 0 rings (SSSR count). The maximum absolute atomic E-state index is 11.5. The Bertz CT molecular complexity index is 151. The zero-order valence-corrected chi connectivity index (χ0v) is 8.96. The maximum Gasteiger partial charge on any atom is 0.239 e. The summed E-state index contributed by atoms with van der Waals surface area (Å²) < 4.78 is 4.91. The molecule has 13 heavy (non-hydrogen) atoms. The van der Waals surface area contributed by atoms with Crippen LogP contribution in [0.3, 0.4) is 0 Å². The van der Waals surface area contributed by atoms with Gasteiger partial charge in [-0.15, -0.1) is 0 Å². The van der Waals surface area contributed by atoms with Gasteiger partial charge in [0.15, 0.2) is 0 Å². The number of methoxy groups -OCH3 is 1. The number of hydrogen-bond acceptors (Lipinski definition) is 3. The molecule has 1 N–H and O–H groups in total. The minimum Gasteiger partial charge on any atom is -0.385 e. The fourth-order valence-corrected chi connectivity index (χ4v) is 1.01. The van der Waals surface area contributed by atoms with Gasteiger partial charge in [0.25, 0.3) is 0 Å². The number of likely N-dealkylation sites (N-methyl/N-ethyl adjacent to an activating group) is 2. The molecule has 0 aliphatic rings. The van der Waals surface area contributed by atoms with Crippen molar-refractivity contribution in [2.45, 2.75) is 19.4 Å². The van der Waals surface area contributed by atoms with Crippen molar-refractivity contribution in [1.82, 2.24) is 10.2 Å². The number of amides is 1. The molecular formula is C9H20N2O2. The van der Waals surface area contributed by atoms with E-state index in [9.17, 15) is 4.79 Å². The summed E-state index contributed by atoms with van der Waals surface area (Å²) in [5.74, 6) is 0.124. The fraction of sp³-hybridized carbons (Fsp3) is 0.889. The number of nitrogens with zero attached hydrogens (tertiary/aromatic N) is 1. The third-order valence-electron chi connectivity index (χ3n) is 2.02. The quantitative estimate of drug-likeness (QED) is 0.601. The van der Waals surface area contributed by atoms with Crippen LogP contribution < -0.4 is 5.32 Å². The summed E-state index contributed by atoms with van der Waals surface area (Å²) in [5, 5.41) is 2.91. The molecule has 4 heteroatoms. The molecule has 0 radical (unpaired) electrons. The zero-order valence-electron chi connectivity index (χ0n) is 8.96. The number of rotatable bonds is 6. The van der Waals surface area contributed by atoms with Gasteiger partial charge in [0.05, 0.1) is 6.04 Å². The van der Waals surface area contributed by atoms with Gasteiger partial charge < -0.3 is 15.0 Å². The molecule has 0 spiro atoms. The second-order valence-electron chi connectivity index (χ2n) is 3.12. The first-order chi connectivity index (χ1) is 6.13. The number of nitrogens with one attached hydrogen (secondary N) is 1. The molecule has 0 aromatic rings. The van der Waals surface area contributed by atoms with Crippen LogP contribution in [0.4, 0.5) is 0 Å². The Morgan fingerprint density at radius 3 is 2.69 bits per heavy atom. The fourth-order valence-electron chi connectivity index (χ4n) is 1.01. The molecule has 0 fully saturated rings. The highest BCUT2D eigenvalue weighted by Gasteiger charge is 2.14. The van der Waals surface area contributed by atoms with Crippen LogP contribution in [-0.2, 0) is 9.53 Å². The van der Waals surface area contributed by atoms with Crippen molar-refractivity contribution in [3.8, 4) is 0 Å². The molecule has 0 bridgehead atoms. The standard InChI is InChI=1S/C9H20N2O2/c1-8(10-2)9(12)11(3)6-5-7-13-4/h8,10H,5-7H2,1-4H3. The smallest absolute Gasteiger partial charge is 0.239 e. The van der Waals surface area contributed by atoms with Gasteiger partial charge in [0.1, 0.15) is 0 Å². The Morgan fingerprint density at radius 1 is 1.62 bits per heavy atom. The predicted octanol–water partition coefficient (Wildman–Crippen LogP) is 0.0892. The van der Waals surface area contributed by atoms with Crippen molar-refractivity contribution in [3.63, 3.8) is 0 Å². The second-order valence-corrected chi connectivity index (χ2v) is 3.12. The van der Waals surface area contributed by atoms with E-state index >= 15 is 0 Å². The van der Waals surface area contributed by atoms with Crippen molar-refractivity contribution >= 4 is 5.91 Å². The van der Waals surface area contributed by atoms with Gasteiger partial charge in [-0.05, 0) is 20.4 Å². The first-order valence-corrected chi connectivity index (χ1v) is 4.54. The summed E-state index contributed by atoms with van der Waals surface area (Å²) in [6.45, 7) is 3.30. The molecule has 0 aromatic heterocycles. The Morgan fingerprint density at radius 2 is 2.23 bits per heavy atom. The van der Waals surface area contributed by atoms with Crippen molar-refractivity contribution in [2.75, 3.05) is 34.4 Å². The number of carbonyl (C=O) groups is 1. The monoisotopic (exact) mass is 188 g/mol. The van der Waals surface area contributed by atoms with Gasteiger partial charge >= 0.3 is 0 Å². The topological polar surface area (TPSA) is 41.6 Å². The van der Waals surface area contributed by atoms with E-state index in [0.717, 1.165) is 13.0 Å². The van der Waals surface area contributed by atoms with Gasteiger partial charge in [0, 0.05) is 27.3 Å². The lowest BCUT2D eigenvalue weighted by Crippen LogP contribution is -2.42. The van der Waals surface area contributed by atoms with Crippen molar-refractivity contribution in [1.29, 1.82) is 0 Å². The van der Waals surface area contributed by atoms with Crippen LogP contribution in [0.15, 0.2) is 0 Å². The van der Waals surface area contributed by atoms with Crippen LogP contribution in [0.5, 0.6) is 0 Å². The normalized spacial score (nSPS) is 12.6. The predicted molar refractivity (Wildman–Crippen MR) is 52.7 cm³/mol. The molecule has 0 aliphatic carbocycles. The van der Waals surface area contributed by atoms with Crippen molar-refractivity contribution in [2.24, 2.45) is 0 Å². The van der Waals surface area contributed by atoms with Gasteiger partial charge in [0.2, 0.25) is 5.91 Å². The highest BCUT2D eigenvalue weighted by molar-refractivity contribution is 5.81. The van der Waals surface area contributed by atoms with E-state index < -0.39 is 0 Å². The van der Waals surface area contributed by atoms with Crippen LogP contribution in [0, 0.1) is 0 Å². The van der Waals surface area contributed by atoms with Gasteiger partial charge in [-0.25, -0.2) is 0 Å². The van der Waals surface area contributed by atoms with Crippen LogP contribution >= 0.6 is 0 Å². The van der Waals surface area contributed by atoms with E-state index in [2.05, 4.69) is 5.32 Å². The summed E-state index contributed by atoms with van der Waals surface area (Å²) >= 11 is 0. The molecule has 0 aliphatic heterocycles. The summed E-state index contributed by atoms with van der Waals surface area (Å²) in [7, 11) is 5.26. The summed E-state index contributed by atoms with van der Waals surface area (Å²) in [6.07, 6.45) is 0.884. The second kappa shape index (κ2) is 6.86. The highest BCUT2D eigenvalue weighted by Crippen LogP contribution is 1.93. The third kappa shape index (κ3) is 4.85. The Labute approximate surface area is 80.2 Å². The van der Waals surface area contributed by atoms with E-state index in [-0.39, 0.29) is 11.9 Å². The molecule has 0 aromatic carbocycles. The average molecular weight is 188 g/mol. The minimum absolute atomic E-state index is 0.104. The SMILES string of the molecule is CNC(C)C(=O)N(C)CCCOC. The van der Waals surface area contributed by atoms with Crippen LogP contribution in [0.25, 0.3) is 0 Å². The number of ether oxygens (including phenoxy) is 1. The maximum atomic E-state index is 11.5. The van der Waals surface area contributed by atoms with Crippen molar-refractivity contribution < 1.29 is 9.53 Å². The lowest BCUT2D eigenvalue weighted by Gasteiger charge is -2.20. The molecular weight excluding hydrogens is 168 g/mol. The minimum atomic E-state index is -0.104. The van der Waals surface area contributed by atoms with Gasteiger partial charge in [-0.3, -0.25) is 4.79 Å². The number of carbonyl (C=O) groups excluding carboxylic acids is 1. The molecule has 78 valence electrons. The van der Waals surface area contributed by atoms with E-state index in [0.29, 0.717) is 6.61 Å². The zero-order chi connectivity index (χ0) is 10.3. The Hall–Kier alpha value is -0.610. The van der Waals surface area contributed by atoms with E-state index in [1.165, 1.54) is 0 Å². The van der Waals surface area contributed by atoms with Gasteiger partial charge in [-0.1, -0.05) is 0 Å². The first kappa shape index (κ1) is 12.4. The molecule has 1 unspecified atom stereocenters. The Kier molecular flexibility index (Phi) is 6.54. The first-order valence-electron chi connectivity index (χ1n) is 4.54. The van der Waals surface area contributed by atoms with Crippen LogP contribution in [0.2, 0.25) is 0 Å².